The van der Waals surface area contributed by atoms with Crippen LogP contribution in [0.3, 0.4) is 0 Å². The number of nitrogens with zero attached hydrogens (tertiary/aromatic N) is 1. The minimum atomic E-state index is -3.34. The normalized spacial score (nSPS) is 20.6. The first-order valence-electron chi connectivity index (χ1n) is 6.34. The molecule has 0 aliphatic carbocycles. The van der Waals surface area contributed by atoms with Crippen LogP contribution in [0.5, 0.6) is 0 Å². The Morgan fingerprint density at radius 1 is 1.50 bits per heavy atom. The Balaban J connectivity index is 2.29. The number of halogens is 1. The van der Waals surface area contributed by atoms with Gasteiger partial charge in [0.1, 0.15) is 5.82 Å². The summed E-state index contributed by atoms with van der Waals surface area (Å²) in [5.74, 6) is 4.81. The van der Waals surface area contributed by atoms with Gasteiger partial charge in [0, 0.05) is 13.0 Å². The average Bonchev–Trinajstić information content (AvgIpc) is 2.64. The van der Waals surface area contributed by atoms with Crippen LogP contribution in [0.15, 0.2) is 18.2 Å². The number of sulfonamides is 1. The Morgan fingerprint density at radius 3 is 2.80 bits per heavy atom. The summed E-state index contributed by atoms with van der Waals surface area (Å²) in [6, 6.07) is 4.22. The Morgan fingerprint density at radius 2 is 2.25 bits per heavy atom. The Kier molecular flexibility index (Phi) is 4.31. The van der Waals surface area contributed by atoms with Gasteiger partial charge in [-0.25, -0.2) is 12.8 Å². The van der Waals surface area contributed by atoms with E-state index < -0.39 is 15.8 Å². The van der Waals surface area contributed by atoms with E-state index in [1.165, 1.54) is 16.4 Å². The summed E-state index contributed by atoms with van der Waals surface area (Å²) in [5, 5.41) is 8.61. The molecule has 20 heavy (non-hydrogen) atoms. The van der Waals surface area contributed by atoms with Crippen LogP contribution in [0.1, 0.15) is 18.9 Å². The third-order valence-electron chi connectivity index (χ3n) is 3.01. The summed E-state index contributed by atoms with van der Waals surface area (Å²) in [4.78, 5) is 0. The smallest absolute Gasteiger partial charge is 0.235 e. The van der Waals surface area contributed by atoms with Gasteiger partial charge in [-0.3, -0.25) is 4.31 Å². The van der Waals surface area contributed by atoms with Gasteiger partial charge in [-0.05, 0) is 24.1 Å². The van der Waals surface area contributed by atoms with Crippen LogP contribution in [0.2, 0.25) is 0 Å². The first-order valence-corrected chi connectivity index (χ1v) is 7.94. The number of hydrogen-bond donors (Lipinski definition) is 1. The maximum absolute atomic E-state index is 13.9. The molecule has 0 saturated carbocycles. The highest BCUT2D eigenvalue weighted by molar-refractivity contribution is 7.93. The van der Waals surface area contributed by atoms with Gasteiger partial charge in [0.25, 0.3) is 0 Å². The molecule has 108 valence electrons. The molecule has 1 N–H and O–H groups in total. The van der Waals surface area contributed by atoms with Crippen LogP contribution < -0.4 is 4.31 Å². The minimum absolute atomic E-state index is 0.0343. The van der Waals surface area contributed by atoms with E-state index in [1.807, 2.05) is 6.92 Å². The zero-order chi connectivity index (χ0) is 14.8. The number of anilines is 1. The van der Waals surface area contributed by atoms with Crippen LogP contribution in [-0.4, -0.2) is 32.4 Å². The molecule has 6 heteroatoms. The van der Waals surface area contributed by atoms with E-state index in [9.17, 15) is 12.8 Å². The van der Waals surface area contributed by atoms with Crippen LogP contribution in [0.4, 0.5) is 10.1 Å². The molecule has 0 amide bonds. The zero-order valence-electron chi connectivity index (χ0n) is 11.1. The van der Waals surface area contributed by atoms with Crippen molar-refractivity contribution in [1.82, 2.24) is 0 Å². The highest BCUT2D eigenvalue weighted by atomic mass is 32.2. The molecule has 1 fully saturated rings. The molecule has 0 radical (unpaired) electrons. The van der Waals surface area contributed by atoms with Gasteiger partial charge < -0.3 is 5.11 Å². The predicted octanol–water partition coefficient (Wildman–Crippen LogP) is 1.35. The Labute approximate surface area is 118 Å². The molecule has 1 aliphatic rings. The largest absolute Gasteiger partial charge is 0.395 e. The maximum Gasteiger partial charge on any atom is 0.235 e. The van der Waals surface area contributed by atoms with Gasteiger partial charge in [0.05, 0.1) is 23.6 Å². The molecule has 4 nitrogen and oxygen atoms in total. The molecule has 1 aromatic carbocycles. The predicted molar refractivity (Wildman–Crippen MR) is 75.3 cm³/mol. The lowest BCUT2D eigenvalue weighted by Gasteiger charge is -2.17. The highest BCUT2D eigenvalue weighted by Gasteiger charge is 2.33. The lowest BCUT2D eigenvalue weighted by atomic mass is 10.1. The molecule has 0 spiro atoms. The Bertz CT molecular complexity index is 661. The summed E-state index contributed by atoms with van der Waals surface area (Å²) >= 11 is 0. The lowest BCUT2D eigenvalue weighted by molar-refractivity contribution is 0.305. The van der Waals surface area contributed by atoms with Gasteiger partial charge in [-0.1, -0.05) is 18.8 Å². The van der Waals surface area contributed by atoms with Crippen molar-refractivity contribution in [3.8, 4) is 11.8 Å². The lowest BCUT2D eigenvalue weighted by Crippen LogP contribution is -2.25. The van der Waals surface area contributed by atoms with Crippen LogP contribution in [0, 0.1) is 23.6 Å². The molecule has 0 aromatic heterocycles. The fourth-order valence-electron chi connectivity index (χ4n) is 2.14. The molecule has 1 saturated heterocycles. The summed E-state index contributed by atoms with van der Waals surface area (Å²) in [5.41, 5.74) is 0.534. The van der Waals surface area contributed by atoms with E-state index in [4.69, 9.17) is 5.11 Å². The fourth-order valence-corrected chi connectivity index (χ4v) is 4.06. The van der Waals surface area contributed by atoms with Gasteiger partial charge >= 0.3 is 0 Å². The van der Waals surface area contributed by atoms with E-state index in [2.05, 4.69) is 11.8 Å². The molecule has 2 rings (SSSR count). The second kappa shape index (κ2) is 5.81. The van der Waals surface area contributed by atoms with Crippen molar-refractivity contribution >= 4 is 15.7 Å². The van der Waals surface area contributed by atoms with Crippen molar-refractivity contribution in [2.24, 2.45) is 5.92 Å². The summed E-state index contributed by atoms with van der Waals surface area (Å²) in [7, 11) is -3.34. The summed E-state index contributed by atoms with van der Waals surface area (Å²) < 4.78 is 39.0. The fraction of sp³-hybridized carbons (Fsp3) is 0.429. The number of hydrogen-bond acceptors (Lipinski definition) is 3. The van der Waals surface area contributed by atoms with Crippen molar-refractivity contribution in [2.45, 2.75) is 13.3 Å². The second-order valence-corrected chi connectivity index (χ2v) is 6.79. The third kappa shape index (κ3) is 3.11. The van der Waals surface area contributed by atoms with Crippen molar-refractivity contribution in [1.29, 1.82) is 0 Å². The number of benzene rings is 1. The van der Waals surface area contributed by atoms with Crippen LogP contribution in [-0.2, 0) is 10.0 Å². The molecule has 1 unspecified atom stereocenters. The maximum atomic E-state index is 13.9. The molecular formula is C14H16FNO3S. The molecular weight excluding hydrogens is 281 g/mol. The molecule has 0 bridgehead atoms. The van der Waals surface area contributed by atoms with Crippen molar-refractivity contribution < 1.29 is 17.9 Å². The standard InChI is InChI=1S/C14H16FNO3S/c1-11-9-16(20(18,19)10-11)13-6-5-12(14(15)8-13)4-2-3-7-17/h5-6,8,11,17H,3,7,9-10H2,1H3. The second-order valence-electron chi connectivity index (χ2n) is 4.85. The third-order valence-corrected chi connectivity index (χ3v) is 5.03. The van der Waals surface area contributed by atoms with Gasteiger partial charge in [0.15, 0.2) is 0 Å². The van der Waals surface area contributed by atoms with Crippen molar-refractivity contribution in [3.05, 3.63) is 29.6 Å². The average molecular weight is 297 g/mol. The summed E-state index contributed by atoms with van der Waals surface area (Å²) in [6.07, 6.45) is 0.277. The van der Waals surface area contributed by atoms with Crippen LogP contribution in [0.25, 0.3) is 0 Å². The highest BCUT2D eigenvalue weighted by Crippen LogP contribution is 2.28. The van der Waals surface area contributed by atoms with Crippen LogP contribution >= 0.6 is 0 Å². The minimum Gasteiger partial charge on any atom is -0.395 e. The van der Waals surface area contributed by atoms with Gasteiger partial charge in [-0.2, -0.15) is 0 Å². The van der Waals surface area contributed by atoms with Crippen molar-refractivity contribution in [2.75, 3.05) is 23.2 Å². The number of aliphatic hydroxyl groups excluding tert-OH is 1. The van der Waals surface area contributed by atoms with E-state index in [1.54, 1.807) is 6.07 Å². The van der Waals surface area contributed by atoms with Crippen molar-refractivity contribution in [3.63, 3.8) is 0 Å². The number of rotatable bonds is 2. The molecule has 1 heterocycles. The topological polar surface area (TPSA) is 57.6 Å². The zero-order valence-corrected chi connectivity index (χ0v) is 12.0. The molecule has 1 aromatic rings. The summed E-state index contributed by atoms with van der Waals surface area (Å²) in [6.45, 7) is 2.15. The van der Waals surface area contributed by atoms with E-state index in [0.717, 1.165) is 0 Å². The SMILES string of the molecule is CC1CN(c2ccc(C#CCCO)c(F)c2)S(=O)(=O)C1. The van der Waals surface area contributed by atoms with E-state index in [0.29, 0.717) is 12.2 Å². The molecule has 1 atom stereocenters. The van der Waals surface area contributed by atoms with E-state index >= 15 is 0 Å². The van der Waals surface area contributed by atoms with Gasteiger partial charge in [-0.15, -0.1) is 0 Å². The van der Waals surface area contributed by atoms with Gasteiger partial charge in [0.2, 0.25) is 10.0 Å². The quantitative estimate of drug-likeness (QED) is 0.838. The number of aliphatic hydroxyl groups is 1. The van der Waals surface area contributed by atoms with E-state index in [-0.39, 0.29) is 30.3 Å². The Hall–Kier alpha value is -1.58. The monoisotopic (exact) mass is 297 g/mol. The molecule has 1 aliphatic heterocycles. The first-order chi connectivity index (χ1) is 9.44. The first kappa shape index (κ1) is 14.8.